The number of aromatic nitrogens is 1. The van der Waals surface area contributed by atoms with Crippen molar-refractivity contribution in [3.63, 3.8) is 0 Å². The SMILES string of the molecule is Nc1ccc(-c2ccc3ccn(-c4ccc(N)cc4)c3c2)cc1. The number of rotatable bonds is 2. The fourth-order valence-electron chi connectivity index (χ4n) is 2.84. The number of nitrogens with two attached hydrogens (primary N) is 2. The third-order valence-electron chi connectivity index (χ3n) is 4.11. The molecule has 0 radical (unpaired) electrons. The molecule has 0 aliphatic carbocycles. The van der Waals surface area contributed by atoms with E-state index in [4.69, 9.17) is 11.5 Å². The summed E-state index contributed by atoms with van der Waals surface area (Å²) in [5, 5.41) is 1.21. The summed E-state index contributed by atoms with van der Waals surface area (Å²) in [5.74, 6) is 0. The number of hydrogen-bond acceptors (Lipinski definition) is 2. The highest BCUT2D eigenvalue weighted by atomic mass is 15.0. The van der Waals surface area contributed by atoms with Gasteiger partial charge in [0.15, 0.2) is 0 Å². The largest absolute Gasteiger partial charge is 0.399 e. The number of nitrogen functional groups attached to an aromatic ring is 2. The minimum Gasteiger partial charge on any atom is -0.399 e. The van der Waals surface area contributed by atoms with E-state index in [2.05, 4.69) is 35.0 Å². The maximum atomic E-state index is 5.79. The Morgan fingerprint density at radius 1 is 0.609 bits per heavy atom. The van der Waals surface area contributed by atoms with E-state index < -0.39 is 0 Å². The van der Waals surface area contributed by atoms with E-state index in [0.29, 0.717) is 0 Å². The summed E-state index contributed by atoms with van der Waals surface area (Å²) in [6.45, 7) is 0. The quantitative estimate of drug-likeness (QED) is 0.537. The predicted molar refractivity (Wildman–Crippen MR) is 97.5 cm³/mol. The third kappa shape index (κ3) is 2.42. The van der Waals surface area contributed by atoms with Crippen LogP contribution in [0.25, 0.3) is 27.7 Å². The molecule has 0 unspecified atom stereocenters. The molecule has 112 valence electrons. The van der Waals surface area contributed by atoms with Crippen LogP contribution in [0.15, 0.2) is 79.0 Å². The van der Waals surface area contributed by atoms with Crippen LogP contribution >= 0.6 is 0 Å². The molecule has 3 nitrogen and oxygen atoms in total. The smallest absolute Gasteiger partial charge is 0.0534 e. The van der Waals surface area contributed by atoms with Gasteiger partial charge in [-0.3, -0.25) is 0 Å². The van der Waals surface area contributed by atoms with E-state index in [1.54, 1.807) is 0 Å². The van der Waals surface area contributed by atoms with Gasteiger partial charge in [0, 0.05) is 23.3 Å². The Labute approximate surface area is 134 Å². The Balaban J connectivity index is 1.86. The van der Waals surface area contributed by atoms with Crippen LogP contribution in [-0.2, 0) is 0 Å². The zero-order valence-corrected chi connectivity index (χ0v) is 12.6. The summed E-state index contributed by atoms with van der Waals surface area (Å²) in [5.41, 5.74) is 17.7. The molecule has 4 aromatic rings. The van der Waals surface area contributed by atoms with Gasteiger partial charge in [-0.1, -0.05) is 24.3 Å². The molecule has 0 saturated heterocycles. The first-order valence-electron chi connectivity index (χ1n) is 7.54. The first kappa shape index (κ1) is 13.5. The maximum absolute atomic E-state index is 5.79. The lowest BCUT2D eigenvalue weighted by Crippen LogP contribution is -1.93. The van der Waals surface area contributed by atoms with Gasteiger partial charge in [-0.05, 0) is 65.0 Å². The lowest BCUT2D eigenvalue weighted by molar-refractivity contribution is 1.13. The molecule has 23 heavy (non-hydrogen) atoms. The minimum atomic E-state index is 0.771. The average Bonchev–Trinajstić information content (AvgIpc) is 2.99. The first-order chi connectivity index (χ1) is 11.2. The van der Waals surface area contributed by atoms with Gasteiger partial charge in [-0.15, -0.1) is 0 Å². The van der Waals surface area contributed by atoms with Crippen LogP contribution in [0.4, 0.5) is 11.4 Å². The zero-order valence-electron chi connectivity index (χ0n) is 12.6. The number of nitrogens with zero attached hydrogens (tertiary/aromatic N) is 1. The summed E-state index contributed by atoms with van der Waals surface area (Å²) in [4.78, 5) is 0. The Bertz CT molecular complexity index is 964. The van der Waals surface area contributed by atoms with Crippen molar-refractivity contribution in [3.8, 4) is 16.8 Å². The second-order valence-electron chi connectivity index (χ2n) is 5.67. The predicted octanol–water partition coefficient (Wildman–Crippen LogP) is 4.46. The summed E-state index contributed by atoms with van der Waals surface area (Å²) < 4.78 is 2.18. The van der Waals surface area contributed by atoms with Crippen LogP contribution in [-0.4, -0.2) is 4.57 Å². The van der Waals surface area contributed by atoms with Crippen LogP contribution in [0.3, 0.4) is 0 Å². The Morgan fingerprint density at radius 3 is 1.91 bits per heavy atom. The van der Waals surface area contributed by atoms with Crippen LogP contribution in [0.2, 0.25) is 0 Å². The first-order valence-corrected chi connectivity index (χ1v) is 7.54. The molecule has 0 aliphatic heterocycles. The van der Waals surface area contributed by atoms with E-state index in [1.807, 2.05) is 48.5 Å². The second-order valence-corrected chi connectivity index (χ2v) is 5.67. The molecule has 0 aliphatic rings. The normalized spacial score (nSPS) is 11.0. The second kappa shape index (κ2) is 5.21. The van der Waals surface area contributed by atoms with Crippen molar-refractivity contribution in [2.75, 3.05) is 11.5 Å². The Morgan fingerprint density at radius 2 is 1.22 bits per heavy atom. The lowest BCUT2D eigenvalue weighted by atomic mass is 10.0. The van der Waals surface area contributed by atoms with Gasteiger partial charge in [0.05, 0.1) is 5.52 Å². The number of fused-ring (bicyclic) bond motifs is 1. The van der Waals surface area contributed by atoms with E-state index in [-0.39, 0.29) is 0 Å². The molecule has 0 saturated carbocycles. The Kier molecular flexibility index (Phi) is 3.05. The molecule has 0 bridgehead atoms. The van der Waals surface area contributed by atoms with E-state index in [1.165, 1.54) is 16.5 Å². The van der Waals surface area contributed by atoms with E-state index >= 15 is 0 Å². The lowest BCUT2D eigenvalue weighted by Gasteiger charge is -2.08. The standard InChI is InChI=1S/C20H17N3/c21-17-5-3-14(4-6-17)16-2-1-15-11-12-23(20(15)13-16)19-9-7-18(22)8-10-19/h1-13H,21-22H2. The molecule has 1 aromatic heterocycles. The molecule has 0 atom stereocenters. The maximum Gasteiger partial charge on any atom is 0.0534 e. The van der Waals surface area contributed by atoms with Crippen molar-refractivity contribution in [1.29, 1.82) is 0 Å². The van der Waals surface area contributed by atoms with Crippen molar-refractivity contribution in [3.05, 3.63) is 79.0 Å². The topological polar surface area (TPSA) is 57.0 Å². The summed E-state index contributed by atoms with van der Waals surface area (Å²) in [6, 6.07) is 24.5. The molecular weight excluding hydrogens is 282 g/mol. The van der Waals surface area contributed by atoms with Gasteiger partial charge in [-0.2, -0.15) is 0 Å². The molecule has 4 N–H and O–H groups in total. The molecular formula is C20H17N3. The Hall–Kier alpha value is -3.20. The molecule has 0 amide bonds. The van der Waals surface area contributed by atoms with Crippen LogP contribution < -0.4 is 11.5 Å². The average molecular weight is 299 g/mol. The van der Waals surface area contributed by atoms with Crippen LogP contribution in [0, 0.1) is 0 Å². The highest BCUT2D eigenvalue weighted by Gasteiger charge is 2.06. The van der Waals surface area contributed by atoms with Crippen molar-refractivity contribution in [2.24, 2.45) is 0 Å². The van der Waals surface area contributed by atoms with Crippen molar-refractivity contribution < 1.29 is 0 Å². The minimum absolute atomic E-state index is 0.771. The van der Waals surface area contributed by atoms with E-state index in [0.717, 1.165) is 22.6 Å². The fourth-order valence-corrected chi connectivity index (χ4v) is 2.84. The number of benzene rings is 3. The molecule has 1 heterocycles. The molecule has 4 rings (SSSR count). The number of anilines is 2. The zero-order chi connectivity index (χ0) is 15.8. The van der Waals surface area contributed by atoms with Crippen molar-refractivity contribution >= 4 is 22.3 Å². The third-order valence-corrected chi connectivity index (χ3v) is 4.11. The van der Waals surface area contributed by atoms with Gasteiger partial charge < -0.3 is 16.0 Å². The van der Waals surface area contributed by atoms with Crippen molar-refractivity contribution in [1.82, 2.24) is 4.57 Å². The fraction of sp³-hybridized carbons (Fsp3) is 0. The van der Waals surface area contributed by atoms with Gasteiger partial charge in [0.25, 0.3) is 0 Å². The molecule has 3 heteroatoms. The summed E-state index contributed by atoms with van der Waals surface area (Å²) in [7, 11) is 0. The van der Waals surface area contributed by atoms with Crippen molar-refractivity contribution in [2.45, 2.75) is 0 Å². The highest BCUT2D eigenvalue weighted by Crippen LogP contribution is 2.27. The summed E-state index contributed by atoms with van der Waals surface area (Å²) >= 11 is 0. The van der Waals surface area contributed by atoms with Gasteiger partial charge in [0.1, 0.15) is 0 Å². The molecule has 0 spiro atoms. The van der Waals surface area contributed by atoms with Gasteiger partial charge in [-0.25, -0.2) is 0 Å². The van der Waals surface area contributed by atoms with Gasteiger partial charge >= 0.3 is 0 Å². The monoisotopic (exact) mass is 299 g/mol. The van der Waals surface area contributed by atoms with Crippen LogP contribution in [0.5, 0.6) is 0 Å². The molecule has 3 aromatic carbocycles. The van der Waals surface area contributed by atoms with E-state index in [9.17, 15) is 0 Å². The molecule has 0 fully saturated rings. The number of hydrogen-bond donors (Lipinski definition) is 2. The highest BCUT2D eigenvalue weighted by molar-refractivity contribution is 5.87. The van der Waals surface area contributed by atoms with Gasteiger partial charge in [0.2, 0.25) is 0 Å². The van der Waals surface area contributed by atoms with Crippen LogP contribution in [0.1, 0.15) is 0 Å². The summed E-state index contributed by atoms with van der Waals surface area (Å²) in [6.07, 6.45) is 2.09.